The van der Waals surface area contributed by atoms with Gasteiger partial charge in [0.2, 0.25) is 0 Å². The van der Waals surface area contributed by atoms with Gasteiger partial charge in [-0.1, -0.05) is 5.16 Å². The molecule has 140 valence electrons. The Kier molecular flexibility index (Phi) is 5.03. The third-order valence-corrected chi connectivity index (χ3v) is 5.94. The maximum Gasteiger partial charge on any atom is 0.254 e. The van der Waals surface area contributed by atoms with Crippen LogP contribution in [-0.2, 0) is 12.2 Å². The van der Waals surface area contributed by atoms with Crippen LogP contribution < -0.4 is 5.32 Å². The number of furan rings is 1. The predicted molar refractivity (Wildman–Crippen MR) is 102 cm³/mol. The Bertz CT molecular complexity index is 944. The number of carbonyl (C=O) groups excluding carboxylic acids is 1. The molecule has 1 unspecified atom stereocenters. The van der Waals surface area contributed by atoms with Crippen molar-refractivity contribution in [2.75, 3.05) is 0 Å². The summed E-state index contributed by atoms with van der Waals surface area (Å²) in [6, 6.07) is 5.55. The number of pyridine rings is 1. The van der Waals surface area contributed by atoms with Crippen molar-refractivity contribution >= 4 is 17.7 Å². The van der Waals surface area contributed by atoms with Crippen LogP contribution in [0.5, 0.6) is 0 Å². The molecule has 6 nitrogen and oxygen atoms in total. The van der Waals surface area contributed by atoms with Gasteiger partial charge in [-0.2, -0.15) is 0 Å². The molecule has 3 aromatic rings. The largest absolute Gasteiger partial charge is 0.469 e. The van der Waals surface area contributed by atoms with Gasteiger partial charge in [0.05, 0.1) is 23.6 Å². The molecule has 1 aliphatic rings. The molecule has 0 fully saturated rings. The van der Waals surface area contributed by atoms with Crippen LogP contribution in [-0.4, -0.2) is 16.0 Å². The topological polar surface area (TPSA) is 81.2 Å². The highest BCUT2D eigenvalue weighted by Gasteiger charge is 2.25. The highest BCUT2D eigenvalue weighted by atomic mass is 32.2. The molecule has 0 radical (unpaired) electrons. The Morgan fingerprint density at radius 1 is 1.37 bits per heavy atom. The molecule has 0 saturated heterocycles. The van der Waals surface area contributed by atoms with Crippen molar-refractivity contribution in [1.82, 2.24) is 15.5 Å². The molecule has 0 spiro atoms. The molecule has 3 heterocycles. The molecule has 0 aromatic carbocycles. The van der Waals surface area contributed by atoms with E-state index in [1.807, 2.05) is 26.0 Å². The van der Waals surface area contributed by atoms with Gasteiger partial charge in [-0.3, -0.25) is 4.79 Å². The lowest BCUT2D eigenvalue weighted by molar-refractivity contribution is 0.0928. The van der Waals surface area contributed by atoms with Gasteiger partial charge in [-0.15, -0.1) is 11.8 Å². The molecule has 1 amide bonds. The number of thioether (sulfide) groups is 1. The van der Waals surface area contributed by atoms with Crippen LogP contribution >= 0.6 is 11.8 Å². The van der Waals surface area contributed by atoms with Crippen molar-refractivity contribution in [1.29, 1.82) is 0 Å². The fourth-order valence-corrected chi connectivity index (χ4v) is 4.54. The zero-order valence-electron chi connectivity index (χ0n) is 15.3. The quantitative estimate of drug-likeness (QED) is 0.659. The SMILES string of the molecule is Cc1noc(C)c1CSc1ncccc1C(=O)NC1CCCc2occc21. The molecule has 1 N–H and O–H groups in total. The van der Waals surface area contributed by atoms with E-state index >= 15 is 0 Å². The van der Waals surface area contributed by atoms with Crippen molar-refractivity contribution in [2.45, 2.75) is 49.9 Å². The Labute approximate surface area is 161 Å². The number of aryl methyl sites for hydroxylation is 3. The Balaban J connectivity index is 1.50. The first-order valence-electron chi connectivity index (χ1n) is 9.00. The molecule has 1 atom stereocenters. The Morgan fingerprint density at radius 2 is 2.26 bits per heavy atom. The second-order valence-electron chi connectivity index (χ2n) is 6.66. The summed E-state index contributed by atoms with van der Waals surface area (Å²) < 4.78 is 10.7. The number of nitrogens with one attached hydrogen (secondary N) is 1. The minimum Gasteiger partial charge on any atom is -0.469 e. The first-order chi connectivity index (χ1) is 13.1. The van der Waals surface area contributed by atoms with E-state index in [4.69, 9.17) is 8.94 Å². The third-order valence-electron chi connectivity index (χ3n) is 4.91. The van der Waals surface area contributed by atoms with Gasteiger partial charge in [0.15, 0.2) is 0 Å². The van der Waals surface area contributed by atoms with Crippen molar-refractivity contribution in [3.8, 4) is 0 Å². The summed E-state index contributed by atoms with van der Waals surface area (Å²) in [5.74, 6) is 2.33. The number of nitrogens with zero attached hydrogens (tertiary/aromatic N) is 2. The summed E-state index contributed by atoms with van der Waals surface area (Å²) in [6.07, 6.45) is 6.26. The average Bonchev–Trinajstić information content (AvgIpc) is 3.28. The summed E-state index contributed by atoms with van der Waals surface area (Å²) in [5, 5.41) is 7.84. The lowest BCUT2D eigenvalue weighted by Crippen LogP contribution is -2.31. The zero-order valence-corrected chi connectivity index (χ0v) is 16.1. The molecular formula is C20H21N3O3S. The Morgan fingerprint density at radius 3 is 3.07 bits per heavy atom. The molecule has 7 heteroatoms. The maximum absolute atomic E-state index is 12.9. The molecule has 3 aromatic heterocycles. The highest BCUT2D eigenvalue weighted by molar-refractivity contribution is 7.98. The van der Waals surface area contributed by atoms with Crippen LogP contribution in [0.2, 0.25) is 0 Å². The number of amides is 1. The summed E-state index contributed by atoms with van der Waals surface area (Å²) in [5.41, 5.74) is 3.59. The maximum atomic E-state index is 12.9. The van der Waals surface area contributed by atoms with Crippen LogP contribution in [0.25, 0.3) is 0 Å². The lowest BCUT2D eigenvalue weighted by Gasteiger charge is -2.23. The second-order valence-corrected chi connectivity index (χ2v) is 7.63. The van der Waals surface area contributed by atoms with Crippen molar-refractivity contribution in [2.24, 2.45) is 0 Å². The van der Waals surface area contributed by atoms with Crippen molar-refractivity contribution in [3.63, 3.8) is 0 Å². The van der Waals surface area contributed by atoms with E-state index < -0.39 is 0 Å². The van der Waals surface area contributed by atoms with Crippen LogP contribution in [0.1, 0.15) is 57.6 Å². The average molecular weight is 383 g/mol. The number of aromatic nitrogens is 2. The van der Waals surface area contributed by atoms with Gasteiger partial charge >= 0.3 is 0 Å². The summed E-state index contributed by atoms with van der Waals surface area (Å²) in [6.45, 7) is 3.82. The predicted octanol–water partition coefficient (Wildman–Crippen LogP) is 4.38. The molecule has 27 heavy (non-hydrogen) atoms. The van der Waals surface area contributed by atoms with Crippen LogP contribution in [0.15, 0.2) is 44.6 Å². The summed E-state index contributed by atoms with van der Waals surface area (Å²) in [7, 11) is 0. The molecular weight excluding hydrogens is 362 g/mol. The van der Waals surface area contributed by atoms with Gasteiger partial charge in [0.1, 0.15) is 16.5 Å². The van der Waals surface area contributed by atoms with Gasteiger partial charge in [-0.05, 0) is 44.9 Å². The van der Waals surface area contributed by atoms with Crippen molar-refractivity contribution in [3.05, 3.63) is 64.6 Å². The first-order valence-corrected chi connectivity index (χ1v) is 9.98. The van der Waals surface area contributed by atoms with Gasteiger partial charge in [-0.25, -0.2) is 4.98 Å². The highest BCUT2D eigenvalue weighted by Crippen LogP contribution is 2.32. The molecule has 0 saturated carbocycles. The minimum atomic E-state index is -0.108. The standard InChI is InChI=1S/C20H21N3O3S/c1-12-16(13(2)26-23-12)11-27-20-15(5-4-9-21-20)19(24)22-17-6-3-7-18-14(17)8-10-25-18/h4-5,8-10,17H,3,6-7,11H2,1-2H3,(H,22,24). The van der Waals surface area contributed by atoms with E-state index in [0.717, 1.165) is 47.6 Å². The van der Waals surface area contributed by atoms with Crippen LogP contribution in [0, 0.1) is 13.8 Å². The first kappa shape index (κ1) is 17.9. The van der Waals surface area contributed by atoms with E-state index in [9.17, 15) is 4.79 Å². The fourth-order valence-electron chi connectivity index (χ4n) is 3.40. The fraction of sp³-hybridized carbons (Fsp3) is 0.350. The van der Waals surface area contributed by atoms with Crippen LogP contribution in [0.4, 0.5) is 0 Å². The summed E-state index contributed by atoms with van der Waals surface area (Å²) in [4.78, 5) is 17.4. The molecule has 0 aliphatic heterocycles. The molecule has 1 aliphatic carbocycles. The normalized spacial score (nSPS) is 16.1. The molecule has 0 bridgehead atoms. The van der Waals surface area contributed by atoms with Gasteiger partial charge < -0.3 is 14.3 Å². The van der Waals surface area contributed by atoms with E-state index in [2.05, 4.69) is 15.5 Å². The van der Waals surface area contributed by atoms with E-state index in [0.29, 0.717) is 16.3 Å². The third kappa shape index (κ3) is 3.64. The number of rotatable bonds is 5. The van der Waals surface area contributed by atoms with Crippen LogP contribution in [0.3, 0.4) is 0 Å². The molecule has 4 rings (SSSR count). The monoisotopic (exact) mass is 383 g/mol. The van der Waals surface area contributed by atoms with Gasteiger partial charge in [0, 0.05) is 29.5 Å². The number of fused-ring (bicyclic) bond motifs is 1. The van der Waals surface area contributed by atoms with Crippen molar-refractivity contribution < 1.29 is 13.7 Å². The zero-order chi connectivity index (χ0) is 18.8. The van der Waals surface area contributed by atoms with Gasteiger partial charge in [0.25, 0.3) is 5.91 Å². The van der Waals surface area contributed by atoms with E-state index in [1.54, 1.807) is 18.5 Å². The summed E-state index contributed by atoms with van der Waals surface area (Å²) >= 11 is 1.52. The second kappa shape index (κ2) is 7.60. The Hall–Kier alpha value is -2.54. The number of hydrogen-bond acceptors (Lipinski definition) is 6. The smallest absolute Gasteiger partial charge is 0.254 e. The minimum absolute atomic E-state index is 0.0133. The van der Waals surface area contributed by atoms with E-state index in [-0.39, 0.29) is 11.9 Å². The number of hydrogen-bond donors (Lipinski definition) is 1. The van der Waals surface area contributed by atoms with E-state index in [1.165, 1.54) is 11.8 Å². The number of carbonyl (C=O) groups is 1. The lowest BCUT2D eigenvalue weighted by atomic mass is 9.93.